The van der Waals surface area contributed by atoms with Crippen molar-refractivity contribution in [3.05, 3.63) is 0 Å². The number of sulfonamides is 1. The lowest BCUT2D eigenvalue weighted by atomic mass is 10.1. The first kappa shape index (κ1) is 11.0. The maximum atomic E-state index is 11.5. The predicted octanol–water partition coefficient (Wildman–Crippen LogP) is 1.50. The SMILES string of the molecule is CC1CCC(NS(=O)(=O)C(C)C)C1. The number of hydrogen-bond donors (Lipinski definition) is 1. The first-order valence-electron chi connectivity index (χ1n) is 4.93. The van der Waals surface area contributed by atoms with Gasteiger partial charge >= 0.3 is 0 Å². The maximum absolute atomic E-state index is 11.5. The lowest BCUT2D eigenvalue weighted by molar-refractivity contribution is 0.532. The Hall–Kier alpha value is -0.0900. The minimum atomic E-state index is -3.06. The van der Waals surface area contributed by atoms with Gasteiger partial charge < -0.3 is 0 Å². The number of hydrogen-bond acceptors (Lipinski definition) is 2. The third-order valence-electron chi connectivity index (χ3n) is 2.65. The quantitative estimate of drug-likeness (QED) is 0.759. The van der Waals surface area contributed by atoms with Crippen LogP contribution in [0.25, 0.3) is 0 Å². The monoisotopic (exact) mass is 205 g/mol. The summed E-state index contributed by atoms with van der Waals surface area (Å²) in [5.41, 5.74) is 0. The Morgan fingerprint density at radius 2 is 1.92 bits per heavy atom. The van der Waals surface area contributed by atoms with Gasteiger partial charge in [-0.3, -0.25) is 0 Å². The van der Waals surface area contributed by atoms with E-state index in [1.54, 1.807) is 13.8 Å². The van der Waals surface area contributed by atoms with Crippen LogP contribution in [0.3, 0.4) is 0 Å². The molecular formula is C9H19NO2S. The minimum absolute atomic E-state index is 0.183. The van der Waals surface area contributed by atoms with E-state index in [-0.39, 0.29) is 11.3 Å². The molecule has 0 bridgehead atoms. The molecule has 1 fully saturated rings. The third-order valence-corrected chi connectivity index (χ3v) is 4.55. The molecule has 0 aliphatic heterocycles. The van der Waals surface area contributed by atoms with Gasteiger partial charge in [-0.1, -0.05) is 6.92 Å². The van der Waals surface area contributed by atoms with E-state index in [1.807, 2.05) is 0 Å². The molecular weight excluding hydrogens is 186 g/mol. The first-order chi connectivity index (χ1) is 5.92. The van der Waals surface area contributed by atoms with Gasteiger partial charge in [0.15, 0.2) is 0 Å². The van der Waals surface area contributed by atoms with Crippen LogP contribution in [-0.4, -0.2) is 19.7 Å². The highest BCUT2D eigenvalue weighted by Crippen LogP contribution is 2.25. The summed E-state index contributed by atoms with van der Waals surface area (Å²) in [4.78, 5) is 0. The van der Waals surface area contributed by atoms with Crippen LogP contribution >= 0.6 is 0 Å². The van der Waals surface area contributed by atoms with Crippen molar-refractivity contribution in [2.45, 2.75) is 51.3 Å². The van der Waals surface area contributed by atoms with E-state index in [4.69, 9.17) is 0 Å². The van der Waals surface area contributed by atoms with Crippen molar-refractivity contribution >= 4 is 10.0 Å². The first-order valence-corrected chi connectivity index (χ1v) is 6.47. The summed E-state index contributed by atoms with van der Waals surface area (Å²) in [5.74, 6) is 0.667. The molecule has 0 spiro atoms. The molecule has 1 rings (SSSR count). The molecule has 0 amide bonds. The summed E-state index contributed by atoms with van der Waals surface area (Å²) >= 11 is 0. The molecule has 3 nitrogen and oxygen atoms in total. The summed E-state index contributed by atoms with van der Waals surface area (Å²) in [7, 11) is -3.06. The molecule has 0 aromatic carbocycles. The fraction of sp³-hybridized carbons (Fsp3) is 1.00. The van der Waals surface area contributed by atoms with Crippen LogP contribution < -0.4 is 4.72 Å². The molecule has 4 heteroatoms. The zero-order chi connectivity index (χ0) is 10.1. The topological polar surface area (TPSA) is 46.2 Å². The van der Waals surface area contributed by atoms with Crippen molar-refractivity contribution in [2.75, 3.05) is 0 Å². The zero-order valence-corrected chi connectivity index (χ0v) is 9.39. The van der Waals surface area contributed by atoms with E-state index in [1.165, 1.54) is 0 Å². The molecule has 1 aliphatic carbocycles. The molecule has 2 atom stereocenters. The summed E-state index contributed by atoms with van der Waals surface area (Å²) in [6.07, 6.45) is 3.13. The van der Waals surface area contributed by atoms with Gasteiger partial charge in [-0.15, -0.1) is 0 Å². The van der Waals surface area contributed by atoms with Crippen molar-refractivity contribution in [1.29, 1.82) is 0 Å². The molecule has 0 saturated heterocycles. The lowest BCUT2D eigenvalue weighted by Gasteiger charge is -2.14. The van der Waals surface area contributed by atoms with E-state index < -0.39 is 10.0 Å². The molecule has 1 aliphatic rings. The Bertz CT molecular complexity index is 259. The molecule has 1 N–H and O–H groups in total. The van der Waals surface area contributed by atoms with Crippen molar-refractivity contribution in [1.82, 2.24) is 4.72 Å². The highest BCUT2D eigenvalue weighted by Gasteiger charge is 2.26. The molecule has 78 valence electrons. The second-order valence-corrected chi connectivity index (χ2v) is 6.60. The molecule has 1 saturated carbocycles. The second-order valence-electron chi connectivity index (χ2n) is 4.33. The molecule has 0 aromatic heterocycles. The van der Waals surface area contributed by atoms with Gasteiger partial charge in [0.2, 0.25) is 10.0 Å². The van der Waals surface area contributed by atoms with Crippen molar-refractivity contribution in [3.8, 4) is 0 Å². The largest absolute Gasteiger partial charge is 0.214 e. The second kappa shape index (κ2) is 3.96. The Kier molecular flexibility index (Phi) is 3.35. The molecule has 0 radical (unpaired) electrons. The lowest BCUT2D eigenvalue weighted by Crippen LogP contribution is -2.37. The van der Waals surface area contributed by atoms with E-state index >= 15 is 0 Å². The maximum Gasteiger partial charge on any atom is 0.214 e. The van der Waals surface area contributed by atoms with E-state index in [0.29, 0.717) is 5.92 Å². The molecule has 0 heterocycles. The van der Waals surface area contributed by atoms with Gasteiger partial charge in [0.1, 0.15) is 0 Å². The zero-order valence-electron chi connectivity index (χ0n) is 8.58. The fourth-order valence-electron chi connectivity index (χ4n) is 1.68. The van der Waals surface area contributed by atoms with E-state index in [0.717, 1.165) is 19.3 Å². The van der Waals surface area contributed by atoms with Crippen LogP contribution in [0.15, 0.2) is 0 Å². The summed E-state index contributed by atoms with van der Waals surface area (Å²) in [6, 6.07) is 0.183. The third kappa shape index (κ3) is 2.95. The van der Waals surface area contributed by atoms with Crippen LogP contribution in [0, 0.1) is 5.92 Å². The van der Waals surface area contributed by atoms with Crippen molar-refractivity contribution in [2.24, 2.45) is 5.92 Å². The smallest absolute Gasteiger partial charge is 0.212 e. The normalized spacial score (nSPS) is 29.8. The predicted molar refractivity (Wildman–Crippen MR) is 54.0 cm³/mol. The Balaban J connectivity index is 2.50. The van der Waals surface area contributed by atoms with Crippen molar-refractivity contribution < 1.29 is 8.42 Å². The van der Waals surface area contributed by atoms with Crippen LogP contribution in [0.1, 0.15) is 40.0 Å². The summed E-state index contributed by atoms with van der Waals surface area (Å²) in [6.45, 7) is 5.59. The minimum Gasteiger partial charge on any atom is -0.212 e. The van der Waals surface area contributed by atoms with Gasteiger partial charge in [-0.25, -0.2) is 13.1 Å². The van der Waals surface area contributed by atoms with Gasteiger partial charge in [-0.05, 0) is 39.0 Å². The fourth-order valence-corrected chi connectivity index (χ4v) is 2.63. The van der Waals surface area contributed by atoms with Gasteiger partial charge in [-0.2, -0.15) is 0 Å². The molecule has 0 aromatic rings. The van der Waals surface area contributed by atoms with Gasteiger partial charge in [0.05, 0.1) is 5.25 Å². The average Bonchev–Trinajstić information content (AvgIpc) is 2.34. The summed E-state index contributed by atoms with van der Waals surface area (Å²) in [5, 5.41) is -0.316. The molecule has 2 unspecified atom stereocenters. The van der Waals surface area contributed by atoms with E-state index in [2.05, 4.69) is 11.6 Å². The highest BCUT2D eigenvalue weighted by molar-refractivity contribution is 7.90. The standard InChI is InChI=1S/C9H19NO2S/c1-7(2)13(11,12)10-9-5-4-8(3)6-9/h7-10H,4-6H2,1-3H3. The Morgan fingerprint density at radius 1 is 1.31 bits per heavy atom. The van der Waals surface area contributed by atoms with Crippen LogP contribution in [0.2, 0.25) is 0 Å². The number of rotatable bonds is 3. The van der Waals surface area contributed by atoms with E-state index in [9.17, 15) is 8.42 Å². The summed E-state index contributed by atoms with van der Waals surface area (Å²) < 4.78 is 25.7. The average molecular weight is 205 g/mol. The molecule has 13 heavy (non-hydrogen) atoms. The Labute approximate surface area is 81.0 Å². The van der Waals surface area contributed by atoms with Crippen LogP contribution in [0.4, 0.5) is 0 Å². The van der Waals surface area contributed by atoms with Gasteiger partial charge in [0.25, 0.3) is 0 Å². The van der Waals surface area contributed by atoms with Gasteiger partial charge in [0, 0.05) is 6.04 Å². The van der Waals surface area contributed by atoms with Crippen molar-refractivity contribution in [3.63, 3.8) is 0 Å². The van der Waals surface area contributed by atoms with Crippen LogP contribution in [0.5, 0.6) is 0 Å². The Morgan fingerprint density at radius 3 is 2.31 bits per heavy atom. The number of nitrogens with one attached hydrogen (secondary N) is 1. The highest BCUT2D eigenvalue weighted by atomic mass is 32.2. The van der Waals surface area contributed by atoms with Crippen LogP contribution in [-0.2, 0) is 10.0 Å².